The number of aliphatic hydroxyl groups is 1. The lowest BCUT2D eigenvalue weighted by molar-refractivity contribution is -0.134. The molecule has 2 unspecified atom stereocenters. The Morgan fingerprint density at radius 1 is 1.27 bits per heavy atom. The van der Waals surface area contributed by atoms with Gasteiger partial charge in [-0.3, -0.25) is 0 Å². The molecule has 0 aliphatic heterocycles. The van der Waals surface area contributed by atoms with E-state index in [0.29, 0.717) is 6.54 Å². The van der Waals surface area contributed by atoms with Crippen molar-refractivity contribution in [1.29, 1.82) is 0 Å². The fraction of sp³-hybridized carbons (Fsp3) is 0.286. The molecule has 0 bridgehead atoms. The molecule has 2 aromatic carbocycles. The largest absolute Gasteiger partial charge is 0.466 e. The summed E-state index contributed by atoms with van der Waals surface area (Å²) in [5, 5.41) is 13.7. The number of halogens is 1. The second-order valence-corrected chi connectivity index (χ2v) is 7.10. The van der Waals surface area contributed by atoms with Gasteiger partial charge in [-0.1, -0.05) is 52.3 Å². The van der Waals surface area contributed by atoms with Gasteiger partial charge in [-0.15, -0.1) is 0 Å². The Labute approximate surface area is 163 Å². The Hall–Kier alpha value is -1.95. The summed E-state index contributed by atoms with van der Waals surface area (Å²) in [6, 6.07) is 16.0. The molecule has 0 saturated heterocycles. The highest BCUT2D eigenvalue weighted by Crippen LogP contribution is 2.18. The molecule has 0 saturated carbocycles. The SMILES string of the molecule is COC(=O)C=Cc1ccc(CC(C)NCC(O)c2cccc(Br)c2)cc1. The number of benzene rings is 2. The minimum absolute atomic E-state index is 0.230. The van der Waals surface area contributed by atoms with Crippen molar-refractivity contribution in [3.8, 4) is 0 Å². The summed E-state index contributed by atoms with van der Waals surface area (Å²) in [6.07, 6.45) is 3.45. The van der Waals surface area contributed by atoms with Crippen LogP contribution in [0.5, 0.6) is 0 Å². The van der Waals surface area contributed by atoms with Crippen molar-refractivity contribution in [3.63, 3.8) is 0 Å². The third-order valence-electron chi connectivity index (χ3n) is 4.03. The van der Waals surface area contributed by atoms with E-state index in [1.165, 1.54) is 18.7 Å². The van der Waals surface area contributed by atoms with Crippen LogP contribution in [0, 0.1) is 0 Å². The van der Waals surface area contributed by atoms with Crippen LogP contribution in [0.1, 0.15) is 29.7 Å². The molecule has 0 aromatic heterocycles. The minimum Gasteiger partial charge on any atom is -0.466 e. The van der Waals surface area contributed by atoms with Crippen LogP contribution in [-0.2, 0) is 16.0 Å². The van der Waals surface area contributed by atoms with E-state index in [9.17, 15) is 9.90 Å². The highest BCUT2D eigenvalue weighted by Gasteiger charge is 2.10. The number of esters is 1. The molecule has 0 aliphatic rings. The van der Waals surface area contributed by atoms with Crippen LogP contribution in [0.3, 0.4) is 0 Å². The van der Waals surface area contributed by atoms with Crippen LogP contribution in [0.25, 0.3) is 6.08 Å². The monoisotopic (exact) mass is 417 g/mol. The van der Waals surface area contributed by atoms with Gasteiger partial charge >= 0.3 is 5.97 Å². The number of methoxy groups -OCH3 is 1. The normalized spacial score (nSPS) is 13.5. The zero-order valence-corrected chi connectivity index (χ0v) is 16.6. The average Bonchev–Trinajstić information content (AvgIpc) is 2.65. The third kappa shape index (κ3) is 6.75. The van der Waals surface area contributed by atoms with Crippen molar-refractivity contribution >= 4 is 28.0 Å². The summed E-state index contributed by atoms with van der Waals surface area (Å²) in [4.78, 5) is 11.1. The molecule has 0 spiro atoms. The van der Waals surface area contributed by atoms with Crippen LogP contribution in [0.4, 0.5) is 0 Å². The van der Waals surface area contributed by atoms with Gasteiger partial charge in [0, 0.05) is 23.1 Å². The molecule has 138 valence electrons. The molecule has 2 N–H and O–H groups in total. The molecule has 2 atom stereocenters. The topological polar surface area (TPSA) is 58.6 Å². The lowest BCUT2D eigenvalue weighted by atomic mass is 10.0. The van der Waals surface area contributed by atoms with Crippen LogP contribution in [-0.4, -0.2) is 30.8 Å². The summed E-state index contributed by atoms with van der Waals surface area (Å²) in [7, 11) is 1.36. The first-order chi connectivity index (χ1) is 12.5. The first-order valence-corrected chi connectivity index (χ1v) is 9.29. The Kier molecular flexibility index (Phi) is 8.04. The van der Waals surface area contributed by atoms with Gasteiger partial charge in [-0.2, -0.15) is 0 Å². The predicted octanol–water partition coefficient (Wildman–Crippen LogP) is 3.89. The van der Waals surface area contributed by atoms with Crippen molar-refractivity contribution in [2.45, 2.75) is 25.5 Å². The number of hydrogen-bond donors (Lipinski definition) is 2. The number of carbonyl (C=O) groups excluding carboxylic acids is 1. The summed E-state index contributed by atoms with van der Waals surface area (Å²) in [6.45, 7) is 2.59. The number of rotatable bonds is 8. The molecule has 26 heavy (non-hydrogen) atoms. The third-order valence-corrected chi connectivity index (χ3v) is 4.52. The highest BCUT2D eigenvalue weighted by atomic mass is 79.9. The Balaban J connectivity index is 1.82. The maximum absolute atomic E-state index is 11.1. The molecular weight excluding hydrogens is 394 g/mol. The van der Waals surface area contributed by atoms with Gasteiger partial charge in [0.05, 0.1) is 13.2 Å². The maximum Gasteiger partial charge on any atom is 0.330 e. The van der Waals surface area contributed by atoms with Crippen molar-refractivity contribution < 1.29 is 14.6 Å². The van der Waals surface area contributed by atoms with Gasteiger partial charge in [0.1, 0.15) is 0 Å². The van der Waals surface area contributed by atoms with E-state index in [2.05, 4.69) is 32.9 Å². The molecule has 0 aliphatic carbocycles. The van der Waals surface area contributed by atoms with Gasteiger partial charge in [-0.05, 0) is 48.2 Å². The van der Waals surface area contributed by atoms with Crippen LogP contribution in [0.2, 0.25) is 0 Å². The van der Waals surface area contributed by atoms with E-state index < -0.39 is 6.10 Å². The average molecular weight is 418 g/mol. The maximum atomic E-state index is 11.1. The zero-order chi connectivity index (χ0) is 18.9. The van der Waals surface area contributed by atoms with Crippen LogP contribution < -0.4 is 5.32 Å². The van der Waals surface area contributed by atoms with E-state index in [1.54, 1.807) is 6.08 Å². The van der Waals surface area contributed by atoms with E-state index >= 15 is 0 Å². The molecule has 2 rings (SSSR count). The number of hydrogen-bond acceptors (Lipinski definition) is 4. The van der Waals surface area contributed by atoms with Gasteiger partial charge in [0.25, 0.3) is 0 Å². The Morgan fingerprint density at radius 2 is 2.00 bits per heavy atom. The molecule has 4 nitrogen and oxygen atoms in total. The van der Waals surface area contributed by atoms with Crippen molar-refractivity contribution in [3.05, 3.63) is 75.8 Å². The fourth-order valence-electron chi connectivity index (χ4n) is 2.57. The van der Waals surface area contributed by atoms with Gasteiger partial charge in [0.2, 0.25) is 0 Å². The van der Waals surface area contributed by atoms with E-state index in [0.717, 1.165) is 22.0 Å². The quantitative estimate of drug-likeness (QED) is 0.505. The van der Waals surface area contributed by atoms with Gasteiger partial charge < -0.3 is 15.2 Å². The number of aliphatic hydroxyl groups excluding tert-OH is 1. The molecule has 2 aromatic rings. The van der Waals surface area contributed by atoms with E-state index in [-0.39, 0.29) is 12.0 Å². The smallest absolute Gasteiger partial charge is 0.330 e. The number of carbonyl (C=O) groups is 1. The van der Waals surface area contributed by atoms with Gasteiger partial charge in [-0.25, -0.2) is 4.79 Å². The number of nitrogens with one attached hydrogen (secondary N) is 1. The summed E-state index contributed by atoms with van der Waals surface area (Å²) < 4.78 is 5.54. The predicted molar refractivity (Wildman–Crippen MR) is 108 cm³/mol. The highest BCUT2D eigenvalue weighted by molar-refractivity contribution is 9.10. The molecule has 0 heterocycles. The fourth-order valence-corrected chi connectivity index (χ4v) is 2.98. The molecule has 0 radical (unpaired) electrons. The van der Waals surface area contributed by atoms with Crippen molar-refractivity contribution in [2.24, 2.45) is 0 Å². The lowest BCUT2D eigenvalue weighted by Crippen LogP contribution is -2.32. The molecular formula is C21H24BrNO3. The lowest BCUT2D eigenvalue weighted by Gasteiger charge is -2.18. The number of ether oxygens (including phenoxy) is 1. The Morgan fingerprint density at radius 3 is 2.65 bits per heavy atom. The Bertz CT molecular complexity index is 743. The van der Waals surface area contributed by atoms with Gasteiger partial charge in [0.15, 0.2) is 0 Å². The molecule has 0 fully saturated rings. The first-order valence-electron chi connectivity index (χ1n) is 8.50. The molecule has 5 heteroatoms. The second kappa shape index (κ2) is 10.3. The standard InChI is InChI=1S/C21H24BrNO3/c1-15(23-14-20(24)18-4-3-5-19(22)13-18)12-17-8-6-16(7-9-17)10-11-21(25)26-2/h3-11,13,15,20,23-24H,12,14H2,1-2H3. The zero-order valence-electron chi connectivity index (χ0n) is 15.0. The minimum atomic E-state index is -0.541. The summed E-state index contributed by atoms with van der Waals surface area (Å²) >= 11 is 3.42. The van der Waals surface area contributed by atoms with Crippen LogP contribution >= 0.6 is 15.9 Å². The van der Waals surface area contributed by atoms with E-state index in [4.69, 9.17) is 0 Å². The molecule has 0 amide bonds. The second-order valence-electron chi connectivity index (χ2n) is 6.18. The van der Waals surface area contributed by atoms with E-state index in [1.807, 2.05) is 48.5 Å². The summed E-state index contributed by atoms with van der Waals surface area (Å²) in [5.74, 6) is -0.365. The van der Waals surface area contributed by atoms with Crippen molar-refractivity contribution in [2.75, 3.05) is 13.7 Å². The van der Waals surface area contributed by atoms with Crippen LogP contribution in [0.15, 0.2) is 59.1 Å². The first kappa shape index (κ1) is 20.4. The van der Waals surface area contributed by atoms with Crippen molar-refractivity contribution in [1.82, 2.24) is 5.32 Å². The summed E-state index contributed by atoms with van der Waals surface area (Å²) in [5.41, 5.74) is 3.03.